The minimum atomic E-state index is -0.858. The SMILES string of the molecule is [CH2]C12CC3(C)CC(C(=O)O)(C1)CC(C(=O)O)(C2)C3. The normalized spacial score (nSPS) is 53.4. The Hall–Kier alpha value is -1.06. The molecule has 0 aromatic heterocycles. The van der Waals surface area contributed by atoms with Crippen molar-refractivity contribution in [2.24, 2.45) is 21.7 Å². The van der Waals surface area contributed by atoms with Gasteiger partial charge in [0.1, 0.15) is 0 Å². The van der Waals surface area contributed by atoms with E-state index in [-0.39, 0.29) is 17.3 Å². The Bertz CT molecular complexity index is 399. The Balaban J connectivity index is 2.15. The molecule has 1 radical (unpaired) electrons. The molecule has 4 fully saturated rings. The van der Waals surface area contributed by atoms with Crippen LogP contribution in [0.2, 0.25) is 0 Å². The summed E-state index contributed by atoms with van der Waals surface area (Å²) in [5, 5.41) is 19.2. The molecule has 0 aromatic carbocycles. The molecule has 0 spiro atoms. The van der Waals surface area contributed by atoms with Crippen molar-refractivity contribution in [2.45, 2.75) is 45.4 Å². The molecular formula is C14H19O4. The summed E-state index contributed by atoms with van der Waals surface area (Å²) in [6.45, 7) is 6.24. The minimum absolute atomic E-state index is 0.173. The second kappa shape index (κ2) is 2.91. The number of carbonyl (C=O) groups is 2. The Kier molecular flexibility index (Phi) is 1.94. The Morgan fingerprint density at radius 1 is 0.889 bits per heavy atom. The predicted octanol–water partition coefficient (Wildman–Crippen LogP) is 2.34. The number of hydrogen-bond acceptors (Lipinski definition) is 2. The highest BCUT2D eigenvalue weighted by Gasteiger charge is 2.70. The van der Waals surface area contributed by atoms with Gasteiger partial charge < -0.3 is 10.2 Å². The highest BCUT2D eigenvalue weighted by atomic mass is 16.4. The van der Waals surface area contributed by atoms with E-state index in [9.17, 15) is 19.8 Å². The smallest absolute Gasteiger partial charge is 0.309 e. The van der Waals surface area contributed by atoms with E-state index in [2.05, 4.69) is 6.92 Å². The van der Waals surface area contributed by atoms with Crippen molar-refractivity contribution in [3.63, 3.8) is 0 Å². The zero-order chi connectivity index (χ0) is 13.4. The lowest BCUT2D eigenvalue weighted by atomic mass is 9.36. The van der Waals surface area contributed by atoms with Crippen molar-refractivity contribution in [3.05, 3.63) is 6.92 Å². The predicted molar refractivity (Wildman–Crippen MR) is 63.7 cm³/mol. The quantitative estimate of drug-likeness (QED) is 0.790. The molecule has 2 unspecified atom stereocenters. The molecule has 2 atom stereocenters. The van der Waals surface area contributed by atoms with Crippen LogP contribution in [0.3, 0.4) is 0 Å². The maximum absolute atomic E-state index is 11.7. The molecule has 0 heterocycles. The summed E-state index contributed by atoms with van der Waals surface area (Å²) in [4.78, 5) is 23.4. The molecule has 99 valence electrons. The van der Waals surface area contributed by atoms with Gasteiger partial charge in [0, 0.05) is 0 Å². The van der Waals surface area contributed by atoms with E-state index in [0.717, 1.165) is 6.42 Å². The van der Waals surface area contributed by atoms with Gasteiger partial charge >= 0.3 is 11.9 Å². The second-order valence-corrected chi connectivity index (χ2v) is 7.54. The molecule has 4 bridgehead atoms. The highest BCUT2D eigenvalue weighted by molar-refractivity contribution is 5.81. The first kappa shape index (κ1) is 12.0. The summed E-state index contributed by atoms with van der Waals surface area (Å²) in [6, 6.07) is 0. The number of aliphatic carboxylic acids is 2. The lowest BCUT2D eigenvalue weighted by molar-refractivity contribution is -0.211. The summed E-state index contributed by atoms with van der Waals surface area (Å²) in [5.74, 6) is -1.65. The molecule has 0 amide bonds. The Morgan fingerprint density at radius 3 is 1.67 bits per heavy atom. The molecule has 0 saturated heterocycles. The van der Waals surface area contributed by atoms with Gasteiger partial charge in [-0.1, -0.05) is 6.92 Å². The molecule has 0 aromatic rings. The van der Waals surface area contributed by atoms with Gasteiger partial charge in [0.15, 0.2) is 0 Å². The zero-order valence-electron chi connectivity index (χ0n) is 10.7. The van der Waals surface area contributed by atoms with E-state index in [1.54, 1.807) is 0 Å². The summed E-state index contributed by atoms with van der Waals surface area (Å²) in [6.07, 6.45) is 3.46. The van der Waals surface area contributed by atoms with E-state index in [4.69, 9.17) is 0 Å². The molecule has 4 heteroatoms. The van der Waals surface area contributed by atoms with Crippen LogP contribution in [0.4, 0.5) is 0 Å². The fraction of sp³-hybridized carbons (Fsp3) is 0.786. The molecular weight excluding hydrogens is 232 g/mol. The first-order valence-electron chi connectivity index (χ1n) is 6.45. The van der Waals surface area contributed by atoms with Crippen LogP contribution in [0.25, 0.3) is 0 Å². The second-order valence-electron chi connectivity index (χ2n) is 7.54. The molecule has 4 aliphatic rings. The molecule has 4 nitrogen and oxygen atoms in total. The fourth-order valence-corrected chi connectivity index (χ4v) is 5.83. The Labute approximate surface area is 106 Å². The van der Waals surface area contributed by atoms with Crippen LogP contribution in [0.5, 0.6) is 0 Å². The van der Waals surface area contributed by atoms with Crippen molar-refractivity contribution in [1.82, 2.24) is 0 Å². The van der Waals surface area contributed by atoms with Gasteiger partial charge in [0.25, 0.3) is 0 Å². The number of hydrogen-bond donors (Lipinski definition) is 2. The maximum Gasteiger partial charge on any atom is 0.309 e. The number of carboxylic acids is 2. The van der Waals surface area contributed by atoms with Crippen LogP contribution in [0.1, 0.15) is 45.4 Å². The first-order chi connectivity index (χ1) is 8.13. The fourth-order valence-electron chi connectivity index (χ4n) is 5.83. The van der Waals surface area contributed by atoms with E-state index in [1.807, 2.05) is 6.92 Å². The number of carboxylic acid groups (broad SMARTS) is 2. The van der Waals surface area contributed by atoms with Crippen LogP contribution in [-0.4, -0.2) is 22.2 Å². The monoisotopic (exact) mass is 251 g/mol. The van der Waals surface area contributed by atoms with E-state index < -0.39 is 22.8 Å². The van der Waals surface area contributed by atoms with Gasteiger partial charge in [-0.15, -0.1) is 0 Å². The van der Waals surface area contributed by atoms with Crippen molar-refractivity contribution >= 4 is 11.9 Å². The van der Waals surface area contributed by atoms with Crippen LogP contribution in [-0.2, 0) is 9.59 Å². The maximum atomic E-state index is 11.7. The van der Waals surface area contributed by atoms with Crippen LogP contribution >= 0.6 is 0 Å². The Morgan fingerprint density at radius 2 is 1.33 bits per heavy atom. The zero-order valence-corrected chi connectivity index (χ0v) is 10.7. The van der Waals surface area contributed by atoms with Gasteiger partial charge in [0.05, 0.1) is 10.8 Å². The van der Waals surface area contributed by atoms with E-state index in [0.29, 0.717) is 25.7 Å². The van der Waals surface area contributed by atoms with Gasteiger partial charge in [0.2, 0.25) is 0 Å². The lowest BCUT2D eigenvalue weighted by Gasteiger charge is -2.66. The molecule has 4 aliphatic carbocycles. The summed E-state index contributed by atoms with van der Waals surface area (Å²) in [7, 11) is 0. The average molecular weight is 251 g/mol. The van der Waals surface area contributed by atoms with E-state index >= 15 is 0 Å². The summed E-state index contributed by atoms with van der Waals surface area (Å²) >= 11 is 0. The molecule has 18 heavy (non-hydrogen) atoms. The summed E-state index contributed by atoms with van der Waals surface area (Å²) < 4.78 is 0. The van der Waals surface area contributed by atoms with Crippen LogP contribution in [0, 0.1) is 28.6 Å². The van der Waals surface area contributed by atoms with Gasteiger partial charge in [-0.25, -0.2) is 0 Å². The van der Waals surface area contributed by atoms with Crippen molar-refractivity contribution in [1.29, 1.82) is 0 Å². The van der Waals surface area contributed by atoms with Crippen molar-refractivity contribution < 1.29 is 19.8 Å². The molecule has 2 N–H and O–H groups in total. The highest BCUT2D eigenvalue weighted by Crippen LogP contribution is 2.73. The van der Waals surface area contributed by atoms with Gasteiger partial charge in [-0.3, -0.25) is 9.59 Å². The number of rotatable bonds is 2. The third-order valence-corrected chi connectivity index (χ3v) is 5.34. The van der Waals surface area contributed by atoms with Crippen molar-refractivity contribution in [2.75, 3.05) is 0 Å². The third kappa shape index (κ3) is 1.32. The molecule has 0 aliphatic heterocycles. The summed E-state index contributed by atoms with van der Waals surface area (Å²) in [5.41, 5.74) is -2.25. The molecule has 4 saturated carbocycles. The first-order valence-corrected chi connectivity index (χ1v) is 6.45. The average Bonchev–Trinajstić information content (AvgIpc) is 2.10. The van der Waals surface area contributed by atoms with Crippen molar-refractivity contribution in [3.8, 4) is 0 Å². The van der Waals surface area contributed by atoms with E-state index in [1.165, 1.54) is 0 Å². The minimum Gasteiger partial charge on any atom is -0.481 e. The van der Waals surface area contributed by atoms with Gasteiger partial charge in [-0.05, 0) is 56.3 Å². The molecule has 4 rings (SSSR count). The van der Waals surface area contributed by atoms with Crippen LogP contribution < -0.4 is 0 Å². The largest absolute Gasteiger partial charge is 0.481 e. The lowest BCUT2D eigenvalue weighted by Crippen LogP contribution is -2.63. The third-order valence-electron chi connectivity index (χ3n) is 5.34. The topological polar surface area (TPSA) is 74.6 Å². The van der Waals surface area contributed by atoms with Crippen LogP contribution in [0.15, 0.2) is 0 Å². The standard InChI is InChI=1S/C14H19O4/c1-11-3-12(2)6-13(4-11,9(15)16)8-14(5-11,7-12)10(17)18/h1,3-8H2,2H3,(H,15,16)(H,17,18). The van der Waals surface area contributed by atoms with Gasteiger partial charge in [-0.2, -0.15) is 0 Å².